The molecule has 0 spiro atoms. The van der Waals surface area contributed by atoms with Gasteiger partial charge >= 0.3 is 0 Å². The van der Waals surface area contributed by atoms with Crippen LogP contribution in [0.3, 0.4) is 0 Å². The van der Waals surface area contributed by atoms with E-state index in [9.17, 15) is 4.79 Å². The Morgan fingerprint density at radius 3 is 2.95 bits per heavy atom. The van der Waals surface area contributed by atoms with Gasteiger partial charge in [0.05, 0.1) is 6.10 Å². The Morgan fingerprint density at radius 2 is 2.14 bits per heavy atom. The summed E-state index contributed by atoms with van der Waals surface area (Å²) in [6, 6.07) is 4.99. The molecule has 0 saturated carbocycles. The zero-order chi connectivity index (χ0) is 15.4. The number of fused-ring (bicyclic) bond motifs is 1. The van der Waals surface area contributed by atoms with Crippen LogP contribution < -0.4 is 25.6 Å². The Kier molecular flexibility index (Phi) is 4.59. The van der Waals surface area contributed by atoms with E-state index in [-0.39, 0.29) is 18.8 Å². The molecule has 2 heterocycles. The molecule has 1 fully saturated rings. The van der Waals surface area contributed by atoms with Crippen LogP contribution in [0.5, 0.6) is 11.5 Å². The van der Waals surface area contributed by atoms with Gasteiger partial charge in [-0.3, -0.25) is 15.6 Å². The zero-order valence-electron chi connectivity index (χ0n) is 11.9. The number of nitrogens with one attached hydrogen (secondary N) is 3. The summed E-state index contributed by atoms with van der Waals surface area (Å²) in [6.45, 7) is 1.61. The molecule has 1 aromatic rings. The van der Waals surface area contributed by atoms with Crippen LogP contribution in [0.15, 0.2) is 18.2 Å². The molecule has 7 nitrogen and oxygen atoms in total. The third kappa shape index (κ3) is 3.58. The van der Waals surface area contributed by atoms with Gasteiger partial charge in [0.2, 0.25) is 6.79 Å². The number of carbonyl (C=O) groups is 1. The number of thiocarbonyl (C=S) groups is 1. The lowest BCUT2D eigenvalue weighted by molar-refractivity contribution is 0.0942. The van der Waals surface area contributed by atoms with Crippen LogP contribution in [0.25, 0.3) is 0 Å². The highest BCUT2D eigenvalue weighted by Gasteiger charge is 2.17. The number of benzene rings is 1. The fourth-order valence-corrected chi connectivity index (χ4v) is 2.41. The summed E-state index contributed by atoms with van der Waals surface area (Å²) in [5.41, 5.74) is 5.66. The Balaban J connectivity index is 1.44. The van der Waals surface area contributed by atoms with E-state index in [4.69, 9.17) is 26.4 Å². The van der Waals surface area contributed by atoms with Crippen LogP contribution in [0.2, 0.25) is 0 Å². The van der Waals surface area contributed by atoms with Crippen molar-refractivity contribution < 1.29 is 19.0 Å². The lowest BCUT2D eigenvalue weighted by Gasteiger charge is -2.14. The van der Waals surface area contributed by atoms with E-state index in [0.717, 1.165) is 19.4 Å². The van der Waals surface area contributed by atoms with Crippen LogP contribution in [0.4, 0.5) is 0 Å². The predicted octanol–water partition coefficient (Wildman–Crippen LogP) is 0.703. The first kappa shape index (κ1) is 14.9. The maximum Gasteiger partial charge on any atom is 0.269 e. The minimum absolute atomic E-state index is 0.176. The summed E-state index contributed by atoms with van der Waals surface area (Å²) >= 11 is 5.10. The van der Waals surface area contributed by atoms with Crippen LogP contribution in [-0.2, 0) is 4.74 Å². The van der Waals surface area contributed by atoms with E-state index in [0.29, 0.717) is 28.7 Å². The quantitative estimate of drug-likeness (QED) is 0.558. The van der Waals surface area contributed by atoms with Crippen molar-refractivity contribution in [3.8, 4) is 11.5 Å². The Bertz CT molecular complexity index is 575. The van der Waals surface area contributed by atoms with Crippen molar-refractivity contribution in [1.82, 2.24) is 16.2 Å². The van der Waals surface area contributed by atoms with E-state index in [1.54, 1.807) is 18.2 Å². The molecule has 0 unspecified atom stereocenters. The summed E-state index contributed by atoms with van der Waals surface area (Å²) in [7, 11) is 0. The number of hydrogen-bond acceptors (Lipinski definition) is 5. The minimum atomic E-state index is -0.306. The van der Waals surface area contributed by atoms with Crippen molar-refractivity contribution in [2.24, 2.45) is 0 Å². The summed E-state index contributed by atoms with van der Waals surface area (Å²) in [5.74, 6) is 0.893. The van der Waals surface area contributed by atoms with Crippen molar-refractivity contribution in [2.45, 2.75) is 18.9 Å². The van der Waals surface area contributed by atoms with E-state index in [1.165, 1.54) is 0 Å². The van der Waals surface area contributed by atoms with Gasteiger partial charge in [0.15, 0.2) is 16.6 Å². The number of rotatable bonds is 3. The first-order valence-corrected chi connectivity index (χ1v) is 7.48. The van der Waals surface area contributed by atoms with Crippen LogP contribution >= 0.6 is 12.2 Å². The van der Waals surface area contributed by atoms with Gasteiger partial charge in [0, 0.05) is 18.7 Å². The normalized spacial score (nSPS) is 18.8. The van der Waals surface area contributed by atoms with Gasteiger partial charge in [-0.25, -0.2) is 0 Å². The summed E-state index contributed by atoms with van der Waals surface area (Å²) in [4.78, 5) is 12.0. The van der Waals surface area contributed by atoms with Crippen molar-refractivity contribution in [3.63, 3.8) is 0 Å². The monoisotopic (exact) mass is 323 g/mol. The van der Waals surface area contributed by atoms with E-state index in [1.807, 2.05) is 0 Å². The number of hydrogen-bond donors (Lipinski definition) is 3. The van der Waals surface area contributed by atoms with Gasteiger partial charge in [0.1, 0.15) is 0 Å². The summed E-state index contributed by atoms with van der Waals surface area (Å²) in [6.07, 6.45) is 2.29. The van der Waals surface area contributed by atoms with Crippen molar-refractivity contribution in [1.29, 1.82) is 0 Å². The molecule has 1 saturated heterocycles. The molecule has 1 amide bonds. The molecule has 0 aromatic heterocycles. The van der Waals surface area contributed by atoms with Gasteiger partial charge in [0.25, 0.3) is 5.91 Å². The summed E-state index contributed by atoms with van der Waals surface area (Å²) in [5, 5.41) is 3.36. The topological polar surface area (TPSA) is 80.9 Å². The SMILES string of the molecule is O=C(NNC(=S)NC[C@@H]1CCCO1)c1ccc2c(c1)OCO2. The number of carbonyl (C=O) groups excluding carboxylic acids is 1. The molecule has 0 bridgehead atoms. The standard InChI is InChI=1S/C14H17N3O4S/c18-13(9-3-4-11-12(6-9)21-8-20-11)16-17-14(22)15-7-10-2-1-5-19-10/h3-4,6,10H,1-2,5,7-8H2,(H,16,18)(H2,15,17,22)/t10-/m0/s1. The minimum Gasteiger partial charge on any atom is -0.454 e. The zero-order valence-corrected chi connectivity index (χ0v) is 12.7. The largest absolute Gasteiger partial charge is 0.454 e. The van der Waals surface area contributed by atoms with Crippen molar-refractivity contribution in [3.05, 3.63) is 23.8 Å². The average molecular weight is 323 g/mol. The fraction of sp³-hybridized carbons (Fsp3) is 0.429. The van der Waals surface area contributed by atoms with E-state index < -0.39 is 0 Å². The van der Waals surface area contributed by atoms with Crippen molar-refractivity contribution >= 4 is 23.2 Å². The smallest absolute Gasteiger partial charge is 0.269 e. The summed E-state index contributed by atoms with van der Waals surface area (Å²) < 4.78 is 15.9. The molecule has 0 radical (unpaired) electrons. The average Bonchev–Trinajstić information content (AvgIpc) is 3.20. The Morgan fingerprint density at radius 1 is 1.27 bits per heavy atom. The molecule has 22 heavy (non-hydrogen) atoms. The van der Waals surface area contributed by atoms with Gasteiger partial charge in [-0.2, -0.15) is 0 Å². The molecule has 1 aromatic carbocycles. The van der Waals surface area contributed by atoms with Crippen LogP contribution in [-0.4, -0.2) is 37.1 Å². The van der Waals surface area contributed by atoms with E-state index >= 15 is 0 Å². The second-order valence-corrected chi connectivity index (χ2v) is 5.40. The van der Waals surface area contributed by atoms with Gasteiger partial charge in [-0.1, -0.05) is 0 Å². The number of hydrazine groups is 1. The third-order valence-corrected chi connectivity index (χ3v) is 3.69. The van der Waals surface area contributed by atoms with Gasteiger partial charge < -0.3 is 19.5 Å². The molecule has 8 heteroatoms. The number of ether oxygens (including phenoxy) is 3. The van der Waals surface area contributed by atoms with Crippen molar-refractivity contribution in [2.75, 3.05) is 19.9 Å². The molecule has 3 rings (SSSR count). The molecule has 118 valence electrons. The third-order valence-electron chi connectivity index (χ3n) is 3.44. The second-order valence-electron chi connectivity index (χ2n) is 4.99. The van der Waals surface area contributed by atoms with Gasteiger partial charge in [-0.05, 0) is 43.3 Å². The van der Waals surface area contributed by atoms with Gasteiger partial charge in [-0.15, -0.1) is 0 Å². The predicted molar refractivity (Wildman–Crippen MR) is 82.7 cm³/mol. The Hall–Kier alpha value is -2.06. The molecule has 0 aliphatic carbocycles. The highest BCUT2D eigenvalue weighted by molar-refractivity contribution is 7.80. The van der Waals surface area contributed by atoms with Crippen LogP contribution in [0.1, 0.15) is 23.2 Å². The highest BCUT2D eigenvalue weighted by Crippen LogP contribution is 2.32. The maximum absolute atomic E-state index is 12.0. The number of amides is 1. The molecule has 2 aliphatic rings. The Labute approximate surface area is 133 Å². The maximum atomic E-state index is 12.0. The second kappa shape index (κ2) is 6.80. The first-order valence-electron chi connectivity index (χ1n) is 7.08. The molecular formula is C14H17N3O4S. The van der Waals surface area contributed by atoms with E-state index in [2.05, 4.69) is 16.2 Å². The highest BCUT2D eigenvalue weighted by atomic mass is 32.1. The molecular weight excluding hydrogens is 306 g/mol. The van der Waals surface area contributed by atoms with Crippen LogP contribution in [0, 0.1) is 0 Å². The first-order chi connectivity index (χ1) is 10.7. The molecule has 1 atom stereocenters. The lowest BCUT2D eigenvalue weighted by Crippen LogP contribution is -2.48. The molecule has 3 N–H and O–H groups in total. The fourth-order valence-electron chi connectivity index (χ4n) is 2.28. The lowest BCUT2D eigenvalue weighted by atomic mass is 10.2. The molecule has 2 aliphatic heterocycles.